The fourth-order valence-electron chi connectivity index (χ4n) is 1.17. The molecule has 0 bridgehead atoms. The van der Waals surface area contributed by atoms with Crippen molar-refractivity contribution in [2.24, 2.45) is 0 Å². The van der Waals surface area contributed by atoms with E-state index in [1.165, 1.54) is 11.3 Å². The Morgan fingerprint density at radius 3 is 2.50 bits per heavy atom. The zero-order valence-corrected chi connectivity index (χ0v) is 13.9. The predicted octanol–water partition coefficient (Wildman–Crippen LogP) is 4.60. The van der Waals surface area contributed by atoms with Crippen molar-refractivity contribution in [2.45, 2.75) is 5.88 Å². The van der Waals surface area contributed by atoms with E-state index in [2.05, 4.69) is 42.1 Å². The highest BCUT2D eigenvalue weighted by Gasteiger charge is 2.11. The summed E-state index contributed by atoms with van der Waals surface area (Å²) in [6.07, 6.45) is 0. The highest BCUT2D eigenvalue weighted by atomic mass is 79.9. The van der Waals surface area contributed by atoms with Crippen LogP contribution in [0.3, 0.4) is 0 Å². The van der Waals surface area contributed by atoms with Gasteiger partial charge in [-0.1, -0.05) is 16.4 Å². The number of hydrogen-bond acceptors (Lipinski definition) is 5. The van der Waals surface area contributed by atoms with Crippen LogP contribution in [0.4, 0.5) is 0 Å². The van der Waals surface area contributed by atoms with Gasteiger partial charge < -0.3 is 9.47 Å². The number of aromatic nitrogens is 2. The molecule has 0 amide bonds. The summed E-state index contributed by atoms with van der Waals surface area (Å²) < 4.78 is 12.4. The first-order chi connectivity index (χ1) is 8.63. The Balaban J connectivity index is 2.26. The quantitative estimate of drug-likeness (QED) is 0.686. The first-order valence-electron chi connectivity index (χ1n) is 4.73. The van der Waals surface area contributed by atoms with Gasteiger partial charge in [-0.2, -0.15) is 0 Å². The number of hydrogen-bond donors (Lipinski definition) is 0. The molecule has 18 heavy (non-hydrogen) atoms. The molecular formula is C10H7Br2ClN2O2S. The van der Waals surface area contributed by atoms with Gasteiger partial charge in [-0.15, -0.1) is 16.7 Å². The van der Waals surface area contributed by atoms with Gasteiger partial charge in [0.15, 0.2) is 0 Å². The van der Waals surface area contributed by atoms with Crippen LogP contribution in [0.15, 0.2) is 21.1 Å². The first-order valence-corrected chi connectivity index (χ1v) is 7.67. The van der Waals surface area contributed by atoms with Crippen molar-refractivity contribution in [3.8, 4) is 16.7 Å². The smallest absolute Gasteiger partial charge is 0.299 e. The Morgan fingerprint density at radius 2 is 1.89 bits per heavy atom. The van der Waals surface area contributed by atoms with E-state index >= 15 is 0 Å². The fraction of sp³-hybridized carbons (Fsp3) is 0.200. The maximum absolute atomic E-state index is 5.66. The summed E-state index contributed by atoms with van der Waals surface area (Å²) in [5.74, 6) is 1.67. The SMILES string of the molecule is COc1cc(Br)c(Oc2nnc(CCl)s2)cc1Br. The van der Waals surface area contributed by atoms with Gasteiger partial charge in [0.05, 0.1) is 21.9 Å². The van der Waals surface area contributed by atoms with Crippen molar-refractivity contribution in [2.75, 3.05) is 7.11 Å². The van der Waals surface area contributed by atoms with E-state index in [0.717, 1.165) is 14.0 Å². The molecule has 0 aliphatic heterocycles. The van der Waals surface area contributed by atoms with Crippen LogP contribution in [0, 0.1) is 0 Å². The van der Waals surface area contributed by atoms with Crippen molar-refractivity contribution >= 4 is 54.8 Å². The standard InChI is InChI=1S/C10H7Br2ClN2O2S/c1-16-7-2-6(12)8(3-5(7)11)17-10-15-14-9(4-13)18-10/h2-3H,4H2,1H3. The highest BCUT2D eigenvalue weighted by Crippen LogP contribution is 2.38. The number of ether oxygens (including phenoxy) is 2. The fourth-order valence-corrected chi connectivity index (χ4v) is 2.83. The minimum Gasteiger partial charge on any atom is -0.496 e. The van der Waals surface area contributed by atoms with Gasteiger partial charge in [0.25, 0.3) is 5.19 Å². The summed E-state index contributed by atoms with van der Waals surface area (Å²) in [6, 6.07) is 3.60. The molecule has 96 valence electrons. The third-order valence-corrected chi connectivity index (χ3v) is 4.42. The third-order valence-electron chi connectivity index (χ3n) is 1.97. The largest absolute Gasteiger partial charge is 0.496 e. The second-order valence-electron chi connectivity index (χ2n) is 3.11. The van der Waals surface area contributed by atoms with Crippen molar-refractivity contribution < 1.29 is 9.47 Å². The number of methoxy groups -OCH3 is 1. The Kier molecular flexibility index (Phi) is 4.83. The van der Waals surface area contributed by atoms with E-state index in [9.17, 15) is 0 Å². The first kappa shape index (κ1) is 14.0. The van der Waals surface area contributed by atoms with Gasteiger partial charge in [0, 0.05) is 6.07 Å². The maximum atomic E-state index is 5.66. The Morgan fingerprint density at radius 1 is 1.22 bits per heavy atom. The van der Waals surface area contributed by atoms with E-state index in [4.69, 9.17) is 21.1 Å². The molecule has 1 aromatic carbocycles. The molecule has 2 aromatic rings. The summed E-state index contributed by atoms with van der Waals surface area (Å²) in [7, 11) is 1.60. The van der Waals surface area contributed by atoms with E-state index in [-0.39, 0.29) is 0 Å². The van der Waals surface area contributed by atoms with E-state index in [1.54, 1.807) is 13.2 Å². The van der Waals surface area contributed by atoms with Gasteiger partial charge in [0.2, 0.25) is 0 Å². The van der Waals surface area contributed by atoms with Crippen molar-refractivity contribution in [3.63, 3.8) is 0 Å². The van der Waals surface area contributed by atoms with E-state index in [0.29, 0.717) is 22.6 Å². The van der Waals surface area contributed by atoms with Crippen molar-refractivity contribution in [3.05, 3.63) is 26.1 Å². The predicted molar refractivity (Wildman–Crippen MR) is 77.9 cm³/mol. The van der Waals surface area contributed by atoms with Gasteiger partial charge >= 0.3 is 0 Å². The van der Waals surface area contributed by atoms with Gasteiger partial charge in [-0.3, -0.25) is 0 Å². The average Bonchev–Trinajstić information content (AvgIpc) is 2.81. The second-order valence-corrected chi connectivity index (χ2v) is 6.12. The zero-order valence-electron chi connectivity index (χ0n) is 9.11. The molecule has 0 spiro atoms. The lowest BCUT2D eigenvalue weighted by atomic mass is 10.3. The highest BCUT2D eigenvalue weighted by molar-refractivity contribution is 9.11. The van der Waals surface area contributed by atoms with E-state index < -0.39 is 0 Å². The third kappa shape index (κ3) is 3.14. The maximum Gasteiger partial charge on any atom is 0.299 e. The molecule has 2 rings (SSSR count). The van der Waals surface area contributed by atoms with Crippen LogP contribution in [0.2, 0.25) is 0 Å². The van der Waals surface area contributed by atoms with Crippen LogP contribution in [0.5, 0.6) is 16.7 Å². The number of rotatable bonds is 4. The number of nitrogens with zero attached hydrogens (tertiary/aromatic N) is 2. The lowest BCUT2D eigenvalue weighted by molar-refractivity contribution is 0.409. The van der Waals surface area contributed by atoms with Gasteiger partial charge in [-0.25, -0.2) is 0 Å². The number of benzene rings is 1. The topological polar surface area (TPSA) is 44.2 Å². The molecule has 0 aliphatic rings. The van der Waals surface area contributed by atoms with Crippen LogP contribution in [-0.2, 0) is 5.88 Å². The van der Waals surface area contributed by atoms with Crippen LogP contribution in [0.1, 0.15) is 5.01 Å². The second kappa shape index (κ2) is 6.18. The Labute approximate surface area is 130 Å². The normalized spacial score (nSPS) is 10.4. The van der Waals surface area contributed by atoms with Crippen LogP contribution in [-0.4, -0.2) is 17.3 Å². The summed E-state index contributed by atoms with van der Waals surface area (Å²) in [6.45, 7) is 0. The zero-order chi connectivity index (χ0) is 13.1. The van der Waals surface area contributed by atoms with Crippen LogP contribution in [0.25, 0.3) is 0 Å². The number of halogens is 3. The lowest BCUT2D eigenvalue weighted by Crippen LogP contribution is -1.89. The molecule has 8 heteroatoms. The van der Waals surface area contributed by atoms with Crippen LogP contribution >= 0.6 is 54.8 Å². The molecule has 1 heterocycles. The van der Waals surface area contributed by atoms with E-state index in [1.807, 2.05) is 6.07 Å². The summed E-state index contributed by atoms with van der Waals surface area (Å²) in [5, 5.41) is 8.93. The molecule has 0 saturated heterocycles. The summed E-state index contributed by atoms with van der Waals surface area (Å²) in [4.78, 5) is 0. The number of alkyl halides is 1. The molecule has 0 unspecified atom stereocenters. The summed E-state index contributed by atoms with van der Waals surface area (Å²) in [5.41, 5.74) is 0. The Hall–Kier alpha value is -0.370. The van der Waals surface area contributed by atoms with Gasteiger partial charge in [-0.05, 0) is 37.9 Å². The minimum atomic E-state index is 0.328. The summed E-state index contributed by atoms with van der Waals surface area (Å²) >= 11 is 13.8. The molecule has 1 aromatic heterocycles. The Bertz CT molecular complexity index is 565. The molecule has 4 nitrogen and oxygen atoms in total. The van der Waals surface area contributed by atoms with Crippen molar-refractivity contribution in [1.82, 2.24) is 10.2 Å². The van der Waals surface area contributed by atoms with Crippen LogP contribution < -0.4 is 9.47 Å². The monoisotopic (exact) mass is 412 g/mol. The lowest BCUT2D eigenvalue weighted by Gasteiger charge is -2.08. The van der Waals surface area contributed by atoms with Gasteiger partial charge in [0.1, 0.15) is 16.5 Å². The molecule has 0 atom stereocenters. The minimum absolute atomic E-state index is 0.328. The molecule has 0 fully saturated rings. The van der Waals surface area contributed by atoms with Crippen molar-refractivity contribution in [1.29, 1.82) is 0 Å². The molecule has 0 aliphatic carbocycles. The molecule has 0 N–H and O–H groups in total. The molecule has 0 saturated carbocycles. The average molecular weight is 415 g/mol. The molecule has 0 radical (unpaired) electrons. The molecular weight excluding hydrogens is 407 g/mol.